The van der Waals surface area contributed by atoms with E-state index in [1.54, 1.807) is 0 Å². The average molecular weight is 568 g/mol. The molecular weight excluding hydrogens is 539 g/mol. The lowest BCUT2D eigenvalue weighted by Gasteiger charge is -2.46. The molecule has 1 aromatic heterocycles. The van der Waals surface area contributed by atoms with Crippen LogP contribution in [0.15, 0.2) is 127 Å². The van der Waals surface area contributed by atoms with Crippen molar-refractivity contribution in [3.05, 3.63) is 166 Å². The van der Waals surface area contributed by atoms with Crippen LogP contribution in [0.25, 0.3) is 42.4 Å². The van der Waals surface area contributed by atoms with Crippen LogP contribution in [0.4, 0.5) is 0 Å². The van der Waals surface area contributed by atoms with Gasteiger partial charge in [-0.2, -0.15) is 0 Å². The Balaban J connectivity index is 1.40. The summed E-state index contributed by atoms with van der Waals surface area (Å²) in [7, 11) is 0. The number of nitrogens with one attached hydrogen (secondary N) is 1. The van der Waals surface area contributed by atoms with Crippen molar-refractivity contribution in [1.82, 2.24) is 0 Å². The summed E-state index contributed by atoms with van der Waals surface area (Å²) in [6.45, 7) is 4.72. The fourth-order valence-corrected chi connectivity index (χ4v) is 9.49. The third-order valence-corrected chi connectivity index (χ3v) is 11.3. The molecule has 1 spiro atoms. The van der Waals surface area contributed by atoms with Gasteiger partial charge in [-0.3, -0.25) is 0 Å². The summed E-state index contributed by atoms with van der Waals surface area (Å²) < 4.78 is 2.64. The van der Waals surface area contributed by atoms with E-state index in [0.717, 1.165) is 5.56 Å². The zero-order chi connectivity index (χ0) is 28.9. The summed E-state index contributed by atoms with van der Waals surface area (Å²) >= 11 is 1.88. The Morgan fingerprint density at radius 2 is 1.19 bits per heavy atom. The molecule has 1 nitrogen and oxygen atoms in total. The molecule has 9 rings (SSSR count). The zero-order valence-electron chi connectivity index (χ0n) is 24.1. The Hall–Kier alpha value is -4.79. The van der Waals surface area contributed by atoms with Gasteiger partial charge in [-0.1, -0.05) is 129 Å². The van der Waals surface area contributed by atoms with Gasteiger partial charge < -0.3 is 5.41 Å². The van der Waals surface area contributed by atoms with Gasteiger partial charge in [-0.25, -0.2) is 0 Å². The van der Waals surface area contributed by atoms with Crippen LogP contribution in [0.2, 0.25) is 0 Å². The van der Waals surface area contributed by atoms with Gasteiger partial charge in [-0.15, -0.1) is 11.3 Å². The molecule has 1 N–H and O–H groups in total. The highest BCUT2D eigenvalue weighted by atomic mass is 32.1. The number of thiophene rings is 1. The first-order valence-corrected chi connectivity index (χ1v) is 15.8. The Kier molecular flexibility index (Phi) is 4.97. The SMILES string of the molecule is CC1(C)c2ccccc2C2(c3ccc(-c4cccc5c4sc4ccccc45)cc3-c3c(C=N)cccc32)c2ccccc21. The molecule has 0 bridgehead atoms. The molecule has 2 aliphatic rings. The third kappa shape index (κ3) is 3.04. The van der Waals surface area contributed by atoms with Gasteiger partial charge in [0, 0.05) is 37.4 Å². The fraction of sp³-hybridized carbons (Fsp3) is 0.0976. The van der Waals surface area contributed by atoms with E-state index in [4.69, 9.17) is 5.41 Å². The van der Waals surface area contributed by atoms with Crippen LogP contribution >= 0.6 is 11.3 Å². The Bertz CT molecular complexity index is 2250. The molecule has 204 valence electrons. The van der Waals surface area contributed by atoms with Crippen LogP contribution < -0.4 is 0 Å². The van der Waals surface area contributed by atoms with E-state index in [9.17, 15) is 0 Å². The van der Waals surface area contributed by atoms with Crippen LogP contribution in [0, 0.1) is 5.41 Å². The van der Waals surface area contributed by atoms with E-state index < -0.39 is 5.41 Å². The minimum atomic E-state index is -0.450. The topological polar surface area (TPSA) is 23.9 Å². The summed E-state index contributed by atoms with van der Waals surface area (Å²) in [5.74, 6) is 0. The molecule has 0 saturated heterocycles. The van der Waals surface area contributed by atoms with E-state index in [0.29, 0.717) is 0 Å². The maximum atomic E-state index is 8.47. The van der Waals surface area contributed by atoms with Gasteiger partial charge in [0.05, 0.1) is 5.41 Å². The van der Waals surface area contributed by atoms with E-state index in [1.807, 2.05) is 11.3 Å². The van der Waals surface area contributed by atoms with Gasteiger partial charge in [-0.05, 0) is 67.8 Å². The van der Waals surface area contributed by atoms with Crippen LogP contribution in [-0.4, -0.2) is 6.21 Å². The van der Waals surface area contributed by atoms with Crippen molar-refractivity contribution >= 4 is 37.7 Å². The van der Waals surface area contributed by atoms with Crippen LogP contribution in [-0.2, 0) is 10.8 Å². The second-order valence-corrected chi connectivity index (χ2v) is 13.5. The first-order chi connectivity index (χ1) is 21.0. The van der Waals surface area contributed by atoms with Crippen molar-refractivity contribution in [3.63, 3.8) is 0 Å². The molecule has 6 aromatic carbocycles. The molecule has 2 heteroatoms. The second kappa shape index (κ2) is 8.63. The molecule has 7 aromatic rings. The van der Waals surface area contributed by atoms with Crippen LogP contribution in [0.1, 0.15) is 52.8 Å². The molecule has 0 unspecified atom stereocenters. The molecule has 0 amide bonds. The Labute approximate surface area is 255 Å². The number of fused-ring (bicyclic) bond motifs is 12. The second-order valence-electron chi connectivity index (χ2n) is 12.4. The Morgan fingerprint density at radius 3 is 1.93 bits per heavy atom. The highest BCUT2D eigenvalue weighted by molar-refractivity contribution is 7.26. The number of benzene rings is 6. The highest BCUT2D eigenvalue weighted by Gasteiger charge is 2.53. The van der Waals surface area contributed by atoms with Crippen molar-refractivity contribution in [2.45, 2.75) is 24.7 Å². The molecular formula is C41H29NS. The first kappa shape index (κ1) is 24.8. The van der Waals surface area contributed by atoms with Gasteiger partial charge in [0.15, 0.2) is 0 Å². The summed E-state index contributed by atoms with van der Waals surface area (Å²) in [5, 5.41) is 11.1. The van der Waals surface area contributed by atoms with E-state index in [2.05, 4.69) is 141 Å². The van der Waals surface area contributed by atoms with Crippen molar-refractivity contribution in [3.8, 4) is 22.3 Å². The van der Waals surface area contributed by atoms with Crippen molar-refractivity contribution in [1.29, 1.82) is 5.41 Å². The molecule has 43 heavy (non-hydrogen) atoms. The standard InChI is InChI=1S/C41H29NS/c1-40(2)32-15-4-6-17-34(32)41(35-18-7-5-16-33(35)40)31-22-21-25(23-30(31)38-26(24-42)11-9-19-36(38)41)27-13-10-14-29-28-12-3-8-20-37(28)43-39(27)29/h3-24,42H,1-2H3. The molecule has 0 atom stereocenters. The number of rotatable bonds is 2. The number of hydrogen-bond donors (Lipinski definition) is 1. The predicted octanol–water partition coefficient (Wildman–Crippen LogP) is 10.7. The third-order valence-electron chi connectivity index (χ3n) is 10.1. The minimum Gasteiger partial charge on any atom is -0.308 e. The van der Waals surface area contributed by atoms with Crippen molar-refractivity contribution in [2.75, 3.05) is 0 Å². The summed E-state index contributed by atoms with van der Waals surface area (Å²) in [6, 6.07) is 47.2. The summed E-state index contributed by atoms with van der Waals surface area (Å²) in [6.07, 6.45) is 1.53. The monoisotopic (exact) mass is 567 g/mol. The molecule has 0 aliphatic heterocycles. The summed E-state index contributed by atoms with van der Waals surface area (Å²) in [4.78, 5) is 0. The summed E-state index contributed by atoms with van der Waals surface area (Å²) in [5.41, 5.74) is 13.3. The largest absolute Gasteiger partial charge is 0.308 e. The van der Waals surface area contributed by atoms with Crippen molar-refractivity contribution < 1.29 is 0 Å². The molecule has 1 heterocycles. The van der Waals surface area contributed by atoms with Gasteiger partial charge in [0.2, 0.25) is 0 Å². The van der Waals surface area contributed by atoms with Crippen LogP contribution in [0.5, 0.6) is 0 Å². The maximum absolute atomic E-state index is 8.47. The minimum absolute atomic E-state index is 0.128. The van der Waals surface area contributed by atoms with Gasteiger partial charge >= 0.3 is 0 Å². The normalized spacial score (nSPS) is 15.2. The highest BCUT2D eigenvalue weighted by Crippen LogP contribution is 2.62. The first-order valence-electron chi connectivity index (χ1n) is 14.9. The zero-order valence-corrected chi connectivity index (χ0v) is 24.9. The molecule has 0 radical (unpaired) electrons. The maximum Gasteiger partial charge on any atom is 0.0719 e. The predicted molar refractivity (Wildman–Crippen MR) is 182 cm³/mol. The molecule has 2 aliphatic carbocycles. The lowest BCUT2D eigenvalue weighted by molar-refractivity contribution is 0.563. The Morgan fingerprint density at radius 1 is 0.558 bits per heavy atom. The smallest absolute Gasteiger partial charge is 0.0719 e. The fourth-order valence-electron chi connectivity index (χ4n) is 8.25. The quantitative estimate of drug-likeness (QED) is 0.201. The van der Waals surface area contributed by atoms with Gasteiger partial charge in [0.25, 0.3) is 0 Å². The van der Waals surface area contributed by atoms with Crippen molar-refractivity contribution in [2.24, 2.45) is 0 Å². The average Bonchev–Trinajstić information content (AvgIpc) is 3.58. The van der Waals surface area contributed by atoms with Crippen LogP contribution in [0.3, 0.4) is 0 Å². The lowest BCUT2D eigenvalue weighted by Crippen LogP contribution is -2.40. The molecule has 0 saturated carbocycles. The lowest BCUT2D eigenvalue weighted by atomic mass is 9.55. The van der Waals surface area contributed by atoms with E-state index in [-0.39, 0.29) is 5.41 Å². The van der Waals surface area contributed by atoms with E-state index >= 15 is 0 Å². The molecule has 0 fully saturated rings. The van der Waals surface area contributed by atoms with E-state index in [1.165, 1.54) is 82.0 Å². The number of hydrogen-bond acceptors (Lipinski definition) is 2. The van der Waals surface area contributed by atoms with Gasteiger partial charge in [0.1, 0.15) is 0 Å².